The number of rotatable bonds is 8. The van der Waals surface area contributed by atoms with Gasteiger partial charge < -0.3 is 28.8 Å². The van der Waals surface area contributed by atoms with E-state index in [9.17, 15) is 14.7 Å². The van der Waals surface area contributed by atoms with Crippen molar-refractivity contribution < 1.29 is 38.4 Å². The molecule has 0 radical (unpaired) electrons. The van der Waals surface area contributed by atoms with Gasteiger partial charge in [0.2, 0.25) is 5.75 Å². The van der Waals surface area contributed by atoms with Crippen molar-refractivity contribution in [1.82, 2.24) is 0 Å². The second kappa shape index (κ2) is 10.0. The second-order valence-electron chi connectivity index (χ2n) is 5.80. The van der Waals surface area contributed by atoms with E-state index in [4.69, 9.17) is 23.7 Å². The maximum absolute atomic E-state index is 12.0. The van der Waals surface area contributed by atoms with Gasteiger partial charge in [0.15, 0.2) is 23.0 Å². The van der Waals surface area contributed by atoms with Crippen LogP contribution in [-0.2, 0) is 20.9 Å². The third kappa shape index (κ3) is 5.90. The SMILES string of the molecule is COc1cc(COC(=O)/C=C/c2cc(OC)c(OC(C)=O)c(OC)c2)ccc1O. The number of ether oxygens (including phenoxy) is 5. The fourth-order valence-electron chi connectivity index (χ4n) is 2.42. The monoisotopic (exact) mass is 402 g/mol. The zero-order valence-electron chi connectivity index (χ0n) is 16.6. The molecule has 0 fully saturated rings. The molecule has 2 rings (SSSR count). The maximum atomic E-state index is 12.0. The van der Waals surface area contributed by atoms with E-state index in [0.717, 1.165) is 0 Å². The first-order valence-corrected chi connectivity index (χ1v) is 8.53. The fourth-order valence-corrected chi connectivity index (χ4v) is 2.42. The molecule has 1 N–H and O–H groups in total. The summed E-state index contributed by atoms with van der Waals surface area (Å²) in [7, 11) is 4.29. The molecule has 0 atom stereocenters. The predicted octanol–water partition coefficient (Wildman–Crippen LogP) is 3.10. The summed E-state index contributed by atoms with van der Waals surface area (Å²) in [5.41, 5.74) is 1.24. The molecule has 0 unspecified atom stereocenters. The Morgan fingerprint density at radius 3 is 2.14 bits per heavy atom. The van der Waals surface area contributed by atoms with Crippen LogP contribution in [0.5, 0.6) is 28.7 Å². The van der Waals surface area contributed by atoms with E-state index in [1.165, 1.54) is 46.5 Å². The summed E-state index contributed by atoms with van der Waals surface area (Å²) in [5, 5.41) is 9.58. The minimum absolute atomic E-state index is 0.00238. The Morgan fingerprint density at radius 1 is 0.966 bits per heavy atom. The van der Waals surface area contributed by atoms with E-state index in [1.807, 2.05) is 0 Å². The molecule has 0 aromatic heterocycles. The van der Waals surface area contributed by atoms with E-state index in [2.05, 4.69) is 0 Å². The molecule has 0 bridgehead atoms. The zero-order chi connectivity index (χ0) is 21.4. The van der Waals surface area contributed by atoms with Crippen LogP contribution in [0.3, 0.4) is 0 Å². The largest absolute Gasteiger partial charge is 0.504 e. The number of phenols is 1. The first-order valence-electron chi connectivity index (χ1n) is 8.53. The van der Waals surface area contributed by atoms with Gasteiger partial charge in [-0.2, -0.15) is 0 Å². The average Bonchev–Trinajstić information content (AvgIpc) is 2.71. The maximum Gasteiger partial charge on any atom is 0.331 e. The first-order chi connectivity index (χ1) is 13.9. The zero-order valence-corrected chi connectivity index (χ0v) is 16.6. The van der Waals surface area contributed by atoms with Crippen molar-refractivity contribution in [3.63, 3.8) is 0 Å². The van der Waals surface area contributed by atoms with E-state index in [1.54, 1.807) is 24.3 Å². The third-order valence-electron chi connectivity index (χ3n) is 3.77. The van der Waals surface area contributed by atoms with Crippen LogP contribution >= 0.6 is 0 Å². The lowest BCUT2D eigenvalue weighted by Gasteiger charge is -2.13. The lowest BCUT2D eigenvalue weighted by molar-refractivity contribution is -0.139. The van der Waals surface area contributed by atoms with Crippen molar-refractivity contribution in [3.05, 3.63) is 47.5 Å². The molecule has 0 amide bonds. The van der Waals surface area contributed by atoms with Gasteiger partial charge in [0.05, 0.1) is 21.3 Å². The Labute approximate surface area is 168 Å². The normalized spacial score (nSPS) is 10.5. The van der Waals surface area contributed by atoms with Crippen LogP contribution in [0.15, 0.2) is 36.4 Å². The van der Waals surface area contributed by atoms with Crippen LogP contribution in [-0.4, -0.2) is 38.4 Å². The second-order valence-corrected chi connectivity index (χ2v) is 5.80. The molecule has 0 saturated carbocycles. The average molecular weight is 402 g/mol. The molecular weight excluding hydrogens is 380 g/mol. The number of aromatic hydroxyl groups is 1. The Hall–Kier alpha value is -3.68. The van der Waals surface area contributed by atoms with Crippen LogP contribution in [0.4, 0.5) is 0 Å². The van der Waals surface area contributed by atoms with Gasteiger partial charge in [0.1, 0.15) is 6.61 Å². The summed E-state index contributed by atoms with van der Waals surface area (Å²) in [6.45, 7) is 1.28. The van der Waals surface area contributed by atoms with Crippen LogP contribution in [0.25, 0.3) is 6.08 Å². The highest BCUT2D eigenvalue weighted by atomic mass is 16.6. The van der Waals surface area contributed by atoms with Gasteiger partial charge in [-0.25, -0.2) is 4.79 Å². The minimum atomic E-state index is -0.570. The van der Waals surface area contributed by atoms with E-state index in [-0.39, 0.29) is 29.6 Å². The molecule has 2 aromatic rings. The first kappa shape index (κ1) is 21.6. The molecule has 29 heavy (non-hydrogen) atoms. The van der Waals surface area contributed by atoms with E-state index >= 15 is 0 Å². The van der Waals surface area contributed by atoms with Gasteiger partial charge in [-0.3, -0.25) is 4.79 Å². The number of hydrogen-bond donors (Lipinski definition) is 1. The Morgan fingerprint density at radius 2 is 1.59 bits per heavy atom. The Kier molecular flexibility index (Phi) is 7.47. The van der Waals surface area contributed by atoms with Gasteiger partial charge in [-0.15, -0.1) is 0 Å². The lowest BCUT2D eigenvalue weighted by atomic mass is 10.1. The Balaban J connectivity index is 2.10. The summed E-state index contributed by atoms with van der Waals surface area (Å²) >= 11 is 0. The highest BCUT2D eigenvalue weighted by Gasteiger charge is 2.15. The minimum Gasteiger partial charge on any atom is -0.504 e. The van der Waals surface area contributed by atoms with Crippen LogP contribution in [0, 0.1) is 0 Å². The highest BCUT2D eigenvalue weighted by molar-refractivity contribution is 5.87. The molecule has 2 aromatic carbocycles. The fraction of sp³-hybridized carbons (Fsp3) is 0.238. The molecule has 8 nitrogen and oxygen atoms in total. The van der Waals surface area contributed by atoms with Crippen molar-refractivity contribution in [1.29, 1.82) is 0 Å². The van der Waals surface area contributed by atoms with Gasteiger partial charge in [0.25, 0.3) is 0 Å². The van der Waals surface area contributed by atoms with Gasteiger partial charge in [-0.05, 0) is 41.5 Å². The molecule has 0 aliphatic rings. The molecule has 0 heterocycles. The highest BCUT2D eigenvalue weighted by Crippen LogP contribution is 2.39. The summed E-state index contributed by atoms with van der Waals surface area (Å²) in [5.74, 6) is -0.0712. The standard InChI is InChI=1S/C21H22O8/c1-13(22)29-21-18(26-3)9-14(10-19(21)27-4)6-8-20(24)28-12-15-5-7-16(23)17(11-15)25-2/h5-11,23H,12H2,1-4H3/b8-6+. The molecule has 0 saturated heterocycles. The van der Waals surface area contributed by atoms with E-state index in [0.29, 0.717) is 16.9 Å². The van der Waals surface area contributed by atoms with Crippen LogP contribution < -0.4 is 18.9 Å². The molecule has 0 spiro atoms. The summed E-state index contributed by atoms with van der Waals surface area (Å²) in [6, 6.07) is 7.85. The number of carbonyl (C=O) groups excluding carboxylic acids is 2. The van der Waals surface area contributed by atoms with Crippen LogP contribution in [0.1, 0.15) is 18.1 Å². The number of esters is 2. The van der Waals surface area contributed by atoms with Crippen molar-refractivity contribution in [2.75, 3.05) is 21.3 Å². The third-order valence-corrected chi connectivity index (χ3v) is 3.77. The lowest BCUT2D eigenvalue weighted by Crippen LogP contribution is -2.05. The number of benzene rings is 2. The van der Waals surface area contributed by atoms with Crippen molar-refractivity contribution in [3.8, 4) is 28.7 Å². The number of hydrogen-bond acceptors (Lipinski definition) is 8. The molecule has 0 aliphatic heterocycles. The predicted molar refractivity (Wildman–Crippen MR) is 104 cm³/mol. The van der Waals surface area contributed by atoms with Gasteiger partial charge >= 0.3 is 11.9 Å². The van der Waals surface area contributed by atoms with Crippen molar-refractivity contribution >= 4 is 18.0 Å². The van der Waals surface area contributed by atoms with Crippen LogP contribution in [0.2, 0.25) is 0 Å². The Bertz CT molecular complexity index is 892. The molecular formula is C21H22O8. The topological polar surface area (TPSA) is 101 Å². The number of methoxy groups -OCH3 is 3. The molecule has 154 valence electrons. The van der Waals surface area contributed by atoms with Crippen molar-refractivity contribution in [2.45, 2.75) is 13.5 Å². The quantitative estimate of drug-likeness (QED) is 0.408. The van der Waals surface area contributed by atoms with Crippen molar-refractivity contribution in [2.24, 2.45) is 0 Å². The summed E-state index contributed by atoms with van der Waals surface area (Å²) < 4.78 is 25.8. The molecule has 0 aliphatic carbocycles. The summed E-state index contributed by atoms with van der Waals surface area (Å²) in [4.78, 5) is 23.3. The number of phenolic OH excluding ortho intramolecular Hbond substituents is 1. The molecule has 8 heteroatoms. The smallest absolute Gasteiger partial charge is 0.331 e. The van der Waals surface area contributed by atoms with E-state index < -0.39 is 11.9 Å². The summed E-state index contributed by atoms with van der Waals surface area (Å²) in [6.07, 6.45) is 2.76. The van der Waals surface area contributed by atoms with Gasteiger partial charge in [-0.1, -0.05) is 6.07 Å². The number of carbonyl (C=O) groups is 2. The van der Waals surface area contributed by atoms with Gasteiger partial charge in [0, 0.05) is 13.0 Å².